The topological polar surface area (TPSA) is 222 Å². The van der Waals surface area contributed by atoms with Crippen molar-refractivity contribution in [2.45, 2.75) is 57.4 Å². The van der Waals surface area contributed by atoms with Gasteiger partial charge in [0.1, 0.15) is 43.2 Å². The van der Waals surface area contributed by atoms with E-state index in [1.54, 1.807) is 0 Å². The van der Waals surface area contributed by atoms with Gasteiger partial charge in [-0.15, -0.1) is 0 Å². The van der Waals surface area contributed by atoms with Gasteiger partial charge in [0.05, 0.1) is 13.2 Å². The van der Waals surface area contributed by atoms with Gasteiger partial charge >= 0.3 is 5.97 Å². The Kier molecular flexibility index (Phi) is 20.0. The summed E-state index contributed by atoms with van der Waals surface area (Å²) in [6.07, 6.45) is -8.58. The summed E-state index contributed by atoms with van der Waals surface area (Å²) in [5.74, 6) is -0.641. The molecule has 162 valence electrons. The van der Waals surface area contributed by atoms with Crippen LogP contribution in [0.2, 0.25) is 0 Å². The minimum Gasteiger partial charge on any atom is -0.463 e. The fraction of sp³-hybridized carbons (Fsp3) is 0.800. The molecule has 2 unspecified atom stereocenters. The summed E-state index contributed by atoms with van der Waals surface area (Å²) < 4.78 is 4.35. The van der Waals surface area contributed by atoms with Crippen LogP contribution in [-0.2, 0) is 19.1 Å². The summed E-state index contributed by atoms with van der Waals surface area (Å²) in [5.41, 5.74) is 0. The van der Waals surface area contributed by atoms with Crippen LogP contribution in [0.3, 0.4) is 0 Å². The van der Waals surface area contributed by atoms with Gasteiger partial charge in [0.15, 0.2) is 12.1 Å². The normalized spacial score (nSPS) is 16.7. The minimum absolute atomic E-state index is 0.0258. The van der Waals surface area contributed by atoms with E-state index in [0.29, 0.717) is 0 Å². The van der Waals surface area contributed by atoms with E-state index < -0.39 is 49.2 Å². The van der Waals surface area contributed by atoms with Crippen LogP contribution in [0, 0.1) is 0 Å². The number of Topliss-reactive ketones (excluding diaryl/α,β-unsaturated/α-hetero) is 1. The van der Waals surface area contributed by atoms with Gasteiger partial charge in [-0.3, -0.25) is 9.59 Å². The fourth-order valence-corrected chi connectivity index (χ4v) is 0.884. The third-order valence-electron chi connectivity index (χ3n) is 2.70. The predicted octanol–water partition coefficient (Wildman–Crippen LogP) is -4.52. The fourth-order valence-electron chi connectivity index (χ4n) is 0.884. The number of aliphatic hydroxyl groups is 8. The zero-order valence-electron chi connectivity index (χ0n) is 15.4. The van der Waals surface area contributed by atoms with Crippen LogP contribution in [0.1, 0.15) is 20.8 Å². The van der Waals surface area contributed by atoms with E-state index in [1.807, 2.05) is 0 Å². The monoisotopic (exact) mass is 402 g/mol. The molecule has 27 heavy (non-hydrogen) atoms. The van der Waals surface area contributed by atoms with Crippen molar-refractivity contribution in [2.24, 2.45) is 0 Å². The summed E-state index contributed by atoms with van der Waals surface area (Å²) in [6, 6.07) is 0. The van der Waals surface area contributed by atoms with Gasteiger partial charge in [0, 0.05) is 6.92 Å². The van der Waals surface area contributed by atoms with Gasteiger partial charge < -0.3 is 50.4 Å². The quantitative estimate of drug-likeness (QED) is 0.135. The molecule has 0 aromatic rings. The second-order valence-electron chi connectivity index (χ2n) is 5.28. The Morgan fingerprint density at radius 3 is 1.63 bits per heavy atom. The highest BCUT2D eigenvalue weighted by Crippen LogP contribution is 2.02. The highest BCUT2D eigenvalue weighted by molar-refractivity contribution is 5.79. The van der Waals surface area contributed by atoms with Gasteiger partial charge in [-0.1, -0.05) is 0 Å². The van der Waals surface area contributed by atoms with E-state index in [4.69, 9.17) is 40.9 Å². The molecule has 0 saturated heterocycles. The molecule has 12 nitrogen and oxygen atoms in total. The second-order valence-corrected chi connectivity index (χ2v) is 5.28. The zero-order valence-corrected chi connectivity index (χ0v) is 15.4. The standard InChI is InChI=1S/C6H12O6.C5H10O4.C4H8O2/c7-1-3(9)5(11)6(12)4(10)2-8;1-4(7)9-3-5(8)2-6;1-3(5)4(2)6/h1,3-6,8-12H,2H2;5-6,8H,2-3H2,1H3;3,5H,1-2H3/t3-,4+,5+,6+;;/m0../s1. The van der Waals surface area contributed by atoms with Crippen LogP contribution < -0.4 is 0 Å². The Morgan fingerprint density at radius 1 is 0.926 bits per heavy atom. The van der Waals surface area contributed by atoms with Crippen molar-refractivity contribution in [3.05, 3.63) is 0 Å². The second kappa shape index (κ2) is 17.9. The molecule has 12 heteroatoms. The molecule has 0 aliphatic rings. The number of rotatable bonds is 9. The Balaban J connectivity index is -0.000000340. The first-order chi connectivity index (χ1) is 12.3. The number of carbonyl (C=O) groups is 3. The van der Waals surface area contributed by atoms with Crippen molar-refractivity contribution in [3.8, 4) is 0 Å². The molecular formula is C15H30O12. The van der Waals surface area contributed by atoms with Crippen molar-refractivity contribution in [2.75, 3.05) is 19.8 Å². The number of ketones is 1. The highest BCUT2D eigenvalue weighted by Gasteiger charge is 2.29. The average molecular weight is 402 g/mol. The van der Waals surface area contributed by atoms with Crippen molar-refractivity contribution in [1.29, 1.82) is 0 Å². The van der Waals surface area contributed by atoms with E-state index in [0.717, 1.165) is 0 Å². The Morgan fingerprint density at radius 2 is 1.37 bits per heavy atom. The van der Waals surface area contributed by atoms with Crippen LogP contribution in [0.15, 0.2) is 0 Å². The van der Waals surface area contributed by atoms with Crippen molar-refractivity contribution < 1.29 is 60.0 Å². The SMILES string of the molecule is CC(=O)C(C)O.CC(=O)OCC(O)CO.O=C[C@H](O)[C@@H](O)[C@H](O)[C@H](O)CO. The number of aldehydes is 1. The molecule has 6 atom stereocenters. The average Bonchev–Trinajstić information content (AvgIpc) is 2.64. The molecule has 0 rings (SSSR count). The van der Waals surface area contributed by atoms with Gasteiger partial charge in [0.25, 0.3) is 0 Å². The Bertz CT molecular complexity index is 400. The zero-order chi connectivity index (χ0) is 22.2. The maximum absolute atomic E-state index is 10.0. The maximum atomic E-state index is 10.0. The molecule has 0 bridgehead atoms. The number of esters is 1. The van der Waals surface area contributed by atoms with Crippen molar-refractivity contribution >= 4 is 18.0 Å². The number of aliphatic hydroxyl groups excluding tert-OH is 8. The molecule has 8 N–H and O–H groups in total. The highest BCUT2D eigenvalue weighted by atomic mass is 16.5. The van der Waals surface area contributed by atoms with E-state index in [2.05, 4.69) is 4.74 Å². The molecule has 0 radical (unpaired) electrons. The Labute approximate surface area is 156 Å². The number of hydrogen-bond acceptors (Lipinski definition) is 12. The van der Waals surface area contributed by atoms with Gasteiger partial charge in [-0.2, -0.15) is 0 Å². The minimum atomic E-state index is -1.79. The largest absolute Gasteiger partial charge is 0.463 e. The molecule has 0 heterocycles. The third-order valence-corrected chi connectivity index (χ3v) is 2.70. The summed E-state index contributed by atoms with van der Waals surface area (Å²) >= 11 is 0. The van der Waals surface area contributed by atoms with Crippen LogP contribution >= 0.6 is 0 Å². The lowest BCUT2D eigenvalue weighted by Gasteiger charge is -2.22. The van der Waals surface area contributed by atoms with Crippen LogP contribution in [-0.4, -0.2) is 115 Å². The number of hydrogen-bond donors (Lipinski definition) is 8. The molecule has 0 saturated carbocycles. The smallest absolute Gasteiger partial charge is 0.302 e. The molecule has 0 fully saturated rings. The summed E-state index contributed by atoms with van der Waals surface area (Å²) in [6.45, 7) is 2.76. The number of carbonyl (C=O) groups excluding carboxylic acids is 3. The molecular weight excluding hydrogens is 372 g/mol. The van der Waals surface area contributed by atoms with E-state index in [-0.39, 0.29) is 25.3 Å². The van der Waals surface area contributed by atoms with Gasteiger partial charge in [-0.25, -0.2) is 0 Å². The summed E-state index contributed by atoms with van der Waals surface area (Å²) in [4.78, 5) is 29.8. The van der Waals surface area contributed by atoms with Crippen LogP contribution in [0.5, 0.6) is 0 Å². The summed E-state index contributed by atoms with van der Waals surface area (Å²) in [7, 11) is 0. The van der Waals surface area contributed by atoms with Crippen LogP contribution in [0.25, 0.3) is 0 Å². The molecule has 0 aliphatic carbocycles. The first-order valence-corrected chi connectivity index (χ1v) is 7.74. The third kappa shape index (κ3) is 19.1. The van der Waals surface area contributed by atoms with Crippen LogP contribution in [0.4, 0.5) is 0 Å². The lowest BCUT2D eigenvalue weighted by Crippen LogP contribution is -2.46. The molecule has 0 spiro atoms. The lowest BCUT2D eigenvalue weighted by atomic mass is 10.0. The first kappa shape index (κ1) is 30.2. The van der Waals surface area contributed by atoms with Gasteiger partial charge in [0.2, 0.25) is 0 Å². The lowest BCUT2D eigenvalue weighted by molar-refractivity contribution is -0.144. The number of ether oxygens (including phenoxy) is 1. The Hall–Kier alpha value is -1.51. The molecule has 0 aromatic heterocycles. The van der Waals surface area contributed by atoms with Gasteiger partial charge in [-0.05, 0) is 13.8 Å². The van der Waals surface area contributed by atoms with E-state index in [1.165, 1.54) is 20.8 Å². The molecule has 0 aromatic carbocycles. The summed E-state index contributed by atoms with van der Waals surface area (Å²) in [5, 5.41) is 68.6. The van der Waals surface area contributed by atoms with E-state index in [9.17, 15) is 14.4 Å². The molecule has 0 aliphatic heterocycles. The maximum Gasteiger partial charge on any atom is 0.302 e. The van der Waals surface area contributed by atoms with Crippen molar-refractivity contribution in [1.82, 2.24) is 0 Å². The predicted molar refractivity (Wildman–Crippen MR) is 89.3 cm³/mol. The van der Waals surface area contributed by atoms with E-state index >= 15 is 0 Å². The first-order valence-electron chi connectivity index (χ1n) is 7.74. The molecule has 0 amide bonds. The van der Waals surface area contributed by atoms with Crippen molar-refractivity contribution in [3.63, 3.8) is 0 Å².